The smallest absolute Gasteiger partial charge is 0.266 e. The first-order valence-corrected chi connectivity index (χ1v) is 11.2. The van der Waals surface area contributed by atoms with Gasteiger partial charge >= 0.3 is 0 Å². The minimum atomic E-state index is -0.214. The van der Waals surface area contributed by atoms with Crippen molar-refractivity contribution in [3.63, 3.8) is 0 Å². The van der Waals surface area contributed by atoms with Crippen LogP contribution >= 0.6 is 11.8 Å². The van der Waals surface area contributed by atoms with Crippen LogP contribution in [0.3, 0.4) is 0 Å². The Balaban J connectivity index is 1.38. The first kappa shape index (κ1) is 19.7. The Labute approximate surface area is 182 Å². The van der Waals surface area contributed by atoms with E-state index in [0.717, 1.165) is 41.2 Å². The molecule has 31 heavy (non-hydrogen) atoms. The van der Waals surface area contributed by atoms with E-state index in [0.29, 0.717) is 17.1 Å². The molecule has 0 saturated heterocycles. The summed E-state index contributed by atoms with van der Waals surface area (Å²) < 4.78 is 2.97. The van der Waals surface area contributed by atoms with Gasteiger partial charge in [-0.05, 0) is 31.4 Å². The molecular weight excluding hydrogens is 414 g/mol. The van der Waals surface area contributed by atoms with Gasteiger partial charge in [-0.15, -0.1) is 0 Å². The number of amides is 1. The molecule has 2 aromatic heterocycles. The van der Waals surface area contributed by atoms with Gasteiger partial charge in [-0.1, -0.05) is 30.0 Å². The van der Waals surface area contributed by atoms with E-state index >= 15 is 0 Å². The van der Waals surface area contributed by atoms with Gasteiger partial charge in [0.1, 0.15) is 0 Å². The van der Waals surface area contributed by atoms with Crippen molar-refractivity contribution in [3.05, 3.63) is 68.4 Å². The molecule has 0 radical (unpaired) electrons. The van der Waals surface area contributed by atoms with Crippen LogP contribution in [0, 0.1) is 0 Å². The Morgan fingerprint density at radius 3 is 2.87 bits per heavy atom. The molecule has 1 aliphatic carbocycles. The van der Waals surface area contributed by atoms with Crippen molar-refractivity contribution in [2.24, 2.45) is 7.05 Å². The fourth-order valence-electron chi connectivity index (χ4n) is 4.18. The lowest BCUT2D eigenvalue weighted by molar-refractivity contribution is -0.116. The summed E-state index contributed by atoms with van der Waals surface area (Å²) in [5.41, 5.74) is 3.47. The molecule has 1 aliphatic heterocycles. The summed E-state index contributed by atoms with van der Waals surface area (Å²) in [4.78, 5) is 42.2. The number of benzene rings is 1. The Bertz CT molecular complexity index is 1310. The van der Waals surface area contributed by atoms with Crippen molar-refractivity contribution >= 4 is 23.4 Å². The molecule has 8 nitrogen and oxygen atoms in total. The summed E-state index contributed by atoms with van der Waals surface area (Å²) in [6.45, 7) is 0. The topological polar surface area (TPSA) is 98.9 Å². The standard InChI is InChI=1S/C22H21N5O3S/c1-26-20(29)10-9-18(25-26)14-5-2-3-7-16(14)23-19(28)11-13-12-31-22-24-17-8-4-6-15(17)21(30)27(13)22/h2-3,5,7,9-10,13H,4,6,8,11-12H2,1H3,(H,23,28). The number of para-hydroxylation sites is 1. The zero-order valence-electron chi connectivity index (χ0n) is 17.0. The van der Waals surface area contributed by atoms with Gasteiger partial charge in [0.05, 0.1) is 23.1 Å². The van der Waals surface area contributed by atoms with Gasteiger partial charge in [0.2, 0.25) is 5.91 Å². The molecule has 9 heteroatoms. The summed E-state index contributed by atoms with van der Waals surface area (Å²) in [6, 6.07) is 10.2. The van der Waals surface area contributed by atoms with Crippen molar-refractivity contribution < 1.29 is 4.79 Å². The van der Waals surface area contributed by atoms with E-state index in [1.54, 1.807) is 23.7 Å². The minimum absolute atomic E-state index is 0.00935. The highest BCUT2D eigenvalue weighted by Gasteiger charge is 2.31. The minimum Gasteiger partial charge on any atom is -0.325 e. The number of fused-ring (bicyclic) bond motifs is 2. The molecule has 0 saturated carbocycles. The molecule has 0 bridgehead atoms. The van der Waals surface area contributed by atoms with Crippen LogP contribution in [0.15, 0.2) is 51.1 Å². The predicted molar refractivity (Wildman–Crippen MR) is 118 cm³/mol. The van der Waals surface area contributed by atoms with Crippen LogP contribution in [0.2, 0.25) is 0 Å². The molecule has 0 spiro atoms. The van der Waals surface area contributed by atoms with Gasteiger partial charge < -0.3 is 5.32 Å². The third-order valence-corrected chi connectivity index (χ3v) is 6.83. The van der Waals surface area contributed by atoms with Crippen LogP contribution in [0.5, 0.6) is 0 Å². The Kier molecular flexibility index (Phi) is 4.97. The van der Waals surface area contributed by atoms with Crippen molar-refractivity contribution in [2.75, 3.05) is 11.1 Å². The molecule has 1 aromatic carbocycles. The number of hydrogen-bond acceptors (Lipinski definition) is 6. The van der Waals surface area contributed by atoms with Crippen LogP contribution in [-0.2, 0) is 24.7 Å². The van der Waals surface area contributed by atoms with Crippen LogP contribution < -0.4 is 16.4 Å². The van der Waals surface area contributed by atoms with E-state index in [1.165, 1.54) is 22.5 Å². The fourth-order valence-corrected chi connectivity index (χ4v) is 5.33. The molecule has 1 unspecified atom stereocenters. The lowest BCUT2D eigenvalue weighted by Crippen LogP contribution is -2.30. The molecule has 0 fully saturated rings. The van der Waals surface area contributed by atoms with Crippen LogP contribution in [0.4, 0.5) is 5.69 Å². The molecule has 5 rings (SSSR count). The quantitative estimate of drug-likeness (QED) is 0.631. The number of carbonyl (C=O) groups is 1. The van der Waals surface area contributed by atoms with E-state index in [4.69, 9.17) is 0 Å². The molecule has 2 aliphatic rings. The zero-order valence-corrected chi connectivity index (χ0v) is 17.8. The third-order valence-electron chi connectivity index (χ3n) is 5.73. The molecule has 3 heterocycles. The van der Waals surface area contributed by atoms with E-state index in [1.807, 2.05) is 18.2 Å². The first-order valence-electron chi connectivity index (χ1n) is 10.2. The average molecular weight is 436 g/mol. The lowest BCUT2D eigenvalue weighted by atomic mass is 10.1. The molecule has 3 aromatic rings. The fraction of sp³-hybridized carbons (Fsp3) is 0.318. The van der Waals surface area contributed by atoms with Crippen LogP contribution in [-0.4, -0.2) is 31.0 Å². The predicted octanol–water partition coefficient (Wildman–Crippen LogP) is 2.17. The van der Waals surface area contributed by atoms with Crippen molar-refractivity contribution in [1.29, 1.82) is 0 Å². The number of anilines is 1. The second-order valence-corrected chi connectivity index (χ2v) is 8.78. The molecule has 1 N–H and O–H groups in total. The van der Waals surface area contributed by atoms with Crippen LogP contribution in [0.25, 0.3) is 11.3 Å². The van der Waals surface area contributed by atoms with Crippen molar-refractivity contribution in [2.45, 2.75) is 36.9 Å². The van der Waals surface area contributed by atoms with Gasteiger partial charge in [-0.25, -0.2) is 9.67 Å². The number of nitrogens with one attached hydrogen (secondary N) is 1. The van der Waals surface area contributed by atoms with E-state index in [2.05, 4.69) is 15.4 Å². The number of thioether (sulfide) groups is 1. The molecular formula is C22H21N5O3S. The first-order chi connectivity index (χ1) is 15.0. The van der Waals surface area contributed by atoms with E-state index in [9.17, 15) is 14.4 Å². The van der Waals surface area contributed by atoms with Gasteiger partial charge in [0, 0.05) is 36.4 Å². The van der Waals surface area contributed by atoms with Gasteiger partial charge in [-0.3, -0.25) is 19.0 Å². The summed E-state index contributed by atoms with van der Waals surface area (Å²) in [5.74, 6) is 0.478. The van der Waals surface area contributed by atoms with Crippen LogP contribution in [0.1, 0.15) is 30.1 Å². The summed E-state index contributed by atoms with van der Waals surface area (Å²) in [6.07, 6.45) is 2.78. The molecule has 158 valence electrons. The lowest BCUT2D eigenvalue weighted by Gasteiger charge is -2.16. The van der Waals surface area contributed by atoms with Gasteiger partial charge in [0.25, 0.3) is 11.1 Å². The molecule has 1 amide bonds. The number of carbonyl (C=O) groups excluding carboxylic acids is 1. The largest absolute Gasteiger partial charge is 0.325 e. The second-order valence-electron chi connectivity index (χ2n) is 7.79. The number of hydrogen-bond donors (Lipinski definition) is 1. The number of rotatable bonds is 4. The number of nitrogens with zero attached hydrogens (tertiary/aromatic N) is 4. The maximum Gasteiger partial charge on any atom is 0.266 e. The highest BCUT2D eigenvalue weighted by molar-refractivity contribution is 7.99. The number of aromatic nitrogens is 4. The maximum absolute atomic E-state index is 12.9. The average Bonchev–Trinajstić information content (AvgIpc) is 3.38. The monoisotopic (exact) mass is 435 g/mol. The normalized spacial score (nSPS) is 16.7. The Morgan fingerprint density at radius 1 is 1.19 bits per heavy atom. The second kappa shape index (κ2) is 7.81. The molecule has 1 atom stereocenters. The van der Waals surface area contributed by atoms with E-state index in [-0.39, 0.29) is 29.5 Å². The number of aryl methyl sites for hydroxylation is 2. The highest BCUT2D eigenvalue weighted by atomic mass is 32.2. The Hall–Kier alpha value is -3.20. The summed E-state index contributed by atoms with van der Waals surface area (Å²) >= 11 is 1.54. The zero-order chi connectivity index (χ0) is 21.5. The maximum atomic E-state index is 12.9. The summed E-state index contributed by atoms with van der Waals surface area (Å²) in [7, 11) is 1.59. The van der Waals surface area contributed by atoms with Crippen molar-refractivity contribution in [3.8, 4) is 11.3 Å². The summed E-state index contributed by atoms with van der Waals surface area (Å²) in [5, 5.41) is 7.97. The van der Waals surface area contributed by atoms with Gasteiger partial charge in [0.15, 0.2) is 5.16 Å². The highest BCUT2D eigenvalue weighted by Crippen LogP contribution is 2.34. The SMILES string of the molecule is Cn1nc(-c2ccccc2NC(=O)CC2CSc3nc4c(c(=O)n32)CCC4)ccc1=O. The third kappa shape index (κ3) is 3.59. The van der Waals surface area contributed by atoms with Gasteiger partial charge in [-0.2, -0.15) is 5.10 Å². The van der Waals surface area contributed by atoms with E-state index < -0.39 is 0 Å². The Morgan fingerprint density at radius 2 is 2.03 bits per heavy atom. The van der Waals surface area contributed by atoms with Crippen molar-refractivity contribution in [1.82, 2.24) is 19.3 Å².